The lowest BCUT2D eigenvalue weighted by atomic mass is 9.84. The largest absolute Gasteiger partial charge is 0.550 e. The van der Waals surface area contributed by atoms with Crippen LogP contribution in [0.15, 0.2) is 0 Å². The molecular formula is C12H25NO4. The molecule has 0 aromatic heterocycles. The second kappa shape index (κ2) is 6.33. The molecule has 0 aliphatic heterocycles. The number of hydrogen-bond acceptors (Lipinski definition) is 4. The van der Waals surface area contributed by atoms with E-state index in [1.807, 2.05) is 28.1 Å². The molecule has 0 heterocycles. The Morgan fingerprint density at radius 3 is 2.24 bits per heavy atom. The number of quaternary nitrogens is 1. The minimum absolute atomic E-state index is 0.253. The van der Waals surface area contributed by atoms with Crippen LogP contribution >= 0.6 is 0 Å². The van der Waals surface area contributed by atoms with Crippen molar-refractivity contribution in [1.29, 1.82) is 0 Å². The van der Waals surface area contributed by atoms with E-state index in [0.29, 0.717) is 10.9 Å². The van der Waals surface area contributed by atoms with Crippen molar-refractivity contribution in [2.24, 2.45) is 0 Å². The average Bonchev–Trinajstić information content (AvgIpc) is 2.12. The summed E-state index contributed by atoms with van der Waals surface area (Å²) in [6.07, 6.45) is 1.51. The molecule has 0 fully saturated rings. The lowest BCUT2D eigenvalue weighted by Crippen LogP contribution is -2.62. The fraction of sp³-hybridized carbons (Fsp3) is 0.917. The minimum Gasteiger partial charge on any atom is -0.550 e. The Balaban J connectivity index is 5.04. The molecule has 0 saturated carbocycles. The van der Waals surface area contributed by atoms with Crippen LogP contribution in [0.5, 0.6) is 0 Å². The fourth-order valence-electron chi connectivity index (χ4n) is 2.24. The van der Waals surface area contributed by atoms with Crippen LogP contribution in [-0.2, 0) is 4.79 Å². The van der Waals surface area contributed by atoms with E-state index in [1.165, 1.54) is 0 Å². The van der Waals surface area contributed by atoms with Gasteiger partial charge in [-0.25, -0.2) is 0 Å². The second-order valence-electron chi connectivity index (χ2n) is 5.57. The van der Waals surface area contributed by atoms with Crippen LogP contribution in [0, 0.1) is 0 Å². The van der Waals surface area contributed by atoms with Crippen molar-refractivity contribution in [3.63, 3.8) is 0 Å². The number of unbranched alkanes of at least 4 members (excludes halogenated alkanes) is 1. The summed E-state index contributed by atoms with van der Waals surface area (Å²) in [4.78, 5) is 10.8. The Labute approximate surface area is 103 Å². The van der Waals surface area contributed by atoms with Crippen molar-refractivity contribution >= 4 is 5.97 Å². The van der Waals surface area contributed by atoms with Crippen LogP contribution in [-0.4, -0.2) is 60.1 Å². The molecule has 2 unspecified atom stereocenters. The first kappa shape index (κ1) is 16.4. The number of carbonyl (C=O) groups is 1. The van der Waals surface area contributed by atoms with Crippen LogP contribution in [0.3, 0.4) is 0 Å². The molecule has 0 aliphatic carbocycles. The van der Waals surface area contributed by atoms with E-state index in [0.717, 1.165) is 12.8 Å². The Bertz CT molecular complexity index is 249. The standard InChI is InChI=1S/C12H25NO4/c1-5-6-7-12(17,8-11(15)16)10(9-14)13(2,3)4/h10,14,17H,5-9H2,1-4H3. The number of carbonyl (C=O) groups excluding carboxylic acids is 1. The molecule has 102 valence electrons. The van der Waals surface area contributed by atoms with Gasteiger partial charge in [-0.2, -0.15) is 0 Å². The van der Waals surface area contributed by atoms with E-state index in [1.54, 1.807) is 0 Å². The number of aliphatic hydroxyl groups is 2. The summed E-state index contributed by atoms with van der Waals surface area (Å²) < 4.78 is 0.310. The molecule has 2 atom stereocenters. The summed E-state index contributed by atoms with van der Waals surface area (Å²) in [6.45, 7) is 1.72. The van der Waals surface area contributed by atoms with Gasteiger partial charge in [0.1, 0.15) is 11.6 Å². The van der Waals surface area contributed by atoms with E-state index in [9.17, 15) is 20.1 Å². The number of nitrogens with zero attached hydrogens (tertiary/aromatic N) is 1. The first-order chi connectivity index (χ1) is 7.67. The highest BCUT2D eigenvalue weighted by Crippen LogP contribution is 2.28. The van der Waals surface area contributed by atoms with E-state index in [4.69, 9.17) is 0 Å². The Morgan fingerprint density at radius 2 is 1.94 bits per heavy atom. The molecular weight excluding hydrogens is 222 g/mol. The molecule has 5 nitrogen and oxygen atoms in total. The molecule has 5 heteroatoms. The van der Waals surface area contributed by atoms with E-state index in [2.05, 4.69) is 0 Å². The molecule has 2 N–H and O–H groups in total. The molecule has 17 heavy (non-hydrogen) atoms. The molecule has 0 bridgehead atoms. The molecule has 0 aliphatic rings. The highest BCUT2D eigenvalue weighted by Gasteiger charge is 2.44. The number of hydrogen-bond donors (Lipinski definition) is 2. The molecule has 0 aromatic carbocycles. The van der Waals surface area contributed by atoms with Crippen LogP contribution in [0.2, 0.25) is 0 Å². The molecule has 0 aromatic rings. The van der Waals surface area contributed by atoms with Crippen molar-refractivity contribution in [3.8, 4) is 0 Å². The van der Waals surface area contributed by atoms with E-state index in [-0.39, 0.29) is 6.61 Å². The van der Waals surface area contributed by atoms with Gasteiger partial charge in [0.05, 0.1) is 27.7 Å². The Morgan fingerprint density at radius 1 is 1.41 bits per heavy atom. The number of aliphatic carboxylic acids is 1. The number of rotatable bonds is 8. The zero-order chi connectivity index (χ0) is 13.7. The first-order valence-electron chi connectivity index (χ1n) is 6.01. The van der Waals surface area contributed by atoms with Crippen LogP contribution in [0.25, 0.3) is 0 Å². The summed E-state index contributed by atoms with van der Waals surface area (Å²) in [6, 6.07) is -0.535. The van der Waals surface area contributed by atoms with E-state index >= 15 is 0 Å². The third-order valence-corrected chi connectivity index (χ3v) is 3.14. The Kier molecular flexibility index (Phi) is 6.09. The van der Waals surface area contributed by atoms with E-state index < -0.39 is 24.0 Å². The van der Waals surface area contributed by atoms with Gasteiger partial charge in [0, 0.05) is 12.4 Å². The lowest BCUT2D eigenvalue weighted by molar-refractivity contribution is -0.904. The zero-order valence-corrected chi connectivity index (χ0v) is 11.3. The summed E-state index contributed by atoms with van der Waals surface area (Å²) in [5, 5.41) is 30.7. The van der Waals surface area contributed by atoms with Gasteiger partial charge < -0.3 is 24.6 Å². The molecule has 0 amide bonds. The second-order valence-corrected chi connectivity index (χ2v) is 5.57. The van der Waals surface area contributed by atoms with Crippen LogP contribution < -0.4 is 5.11 Å². The van der Waals surface area contributed by atoms with Crippen molar-refractivity contribution in [2.45, 2.75) is 44.2 Å². The van der Waals surface area contributed by atoms with Gasteiger partial charge in [-0.05, 0) is 6.42 Å². The van der Waals surface area contributed by atoms with Gasteiger partial charge in [-0.1, -0.05) is 19.8 Å². The number of aliphatic hydroxyl groups excluding tert-OH is 1. The molecule has 0 rings (SSSR count). The third kappa shape index (κ3) is 5.02. The predicted molar refractivity (Wildman–Crippen MR) is 63.0 cm³/mol. The molecule has 0 spiro atoms. The van der Waals surface area contributed by atoms with Crippen molar-refractivity contribution in [2.75, 3.05) is 27.7 Å². The maximum Gasteiger partial charge on any atom is 0.141 e. The summed E-state index contributed by atoms with van der Waals surface area (Å²) in [7, 11) is 5.48. The average molecular weight is 247 g/mol. The number of likely N-dealkylation sites (N-methyl/N-ethyl adjacent to an activating group) is 1. The highest BCUT2D eigenvalue weighted by atomic mass is 16.4. The normalized spacial score (nSPS) is 17.5. The van der Waals surface area contributed by atoms with Gasteiger partial charge >= 0.3 is 0 Å². The van der Waals surface area contributed by atoms with Gasteiger partial charge in [-0.15, -0.1) is 0 Å². The maximum atomic E-state index is 10.8. The number of carboxylic acids is 1. The molecule has 0 saturated heterocycles. The maximum absolute atomic E-state index is 10.8. The zero-order valence-electron chi connectivity index (χ0n) is 11.3. The lowest BCUT2D eigenvalue weighted by Gasteiger charge is -2.43. The fourth-order valence-corrected chi connectivity index (χ4v) is 2.24. The van der Waals surface area contributed by atoms with Gasteiger partial charge in [0.2, 0.25) is 0 Å². The quantitative estimate of drug-likeness (QED) is 0.546. The monoisotopic (exact) mass is 247 g/mol. The summed E-state index contributed by atoms with van der Waals surface area (Å²) in [5.41, 5.74) is -1.41. The van der Waals surface area contributed by atoms with Crippen molar-refractivity contribution < 1.29 is 24.6 Å². The highest BCUT2D eigenvalue weighted by molar-refractivity contribution is 5.65. The van der Waals surface area contributed by atoms with Crippen LogP contribution in [0.4, 0.5) is 0 Å². The topological polar surface area (TPSA) is 80.6 Å². The van der Waals surface area contributed by atoms with Gasteiger partial charge in [0.25, 0.3) is 0 Å². The predicted octanol–water partition coefficient (Wildman–Crippen LogP) is -0.885. The Hall–Kier alpha value is -0.650. The smallest absolute Gasteiger partial charge is 0.141 e. The third-order valence-electron chi connectivity index (χ3n) is 3.14. The summed E-state index contributed by atoms with van der Waals surface area (Å²) >= 11 is 0. The SMILES string of the molecule is CCCCC(O)(CC(=O)[O-])C(CO)[N+](C)(C)C. The number of carboxylic acid groups (broad SMARTS) is 1. The minimum atomic E-state index is -1.41. The van der Waals surface area contributed by atoms with Crippen molar-refractivity contribution in [1.82, 2.24) is 0 Å². The first-order valence-corrected chi connectivity index (χ1v) is 6.01. The summed E-state index contributed by atoms with van der Waals surface area (Å²) in [5.74, 6) is -1.28. The molecule has 0 radical (unpaired) electrons. The van der Waals surface area contributed by atoms with Gasteiger partial charge in [-0.3, -0.25) is 0 Å². The van der Waals surface area contributed by atoms with Crippen LogP contribution in [0.1, 0.15) is 32.6 Å². The van der Waals surface area contributed by atoms with Gasteiger partial charge in [0.15, 0.2) is 0 Å². The van der Waals surface area contributed by atoms with Crippen molar-refractivity contribution in [3.05, 3.63) is 0 Å².